The zero-order valence-corrected chi connectivity index (χ0v) is 23.3. The Morgan fingerprint density at radius 2 is 1.50 bits per heavy atom. The molecule has 7 nitrogen and oxygen atoms in total. The lowest BCUT2D eigenvalue weighted by Crippen LogP contribution is -2.35. The molecule has 0 bridgehead atoms. The molecular formula is C33H28F2N2O5. The number of anilines is 1. The van der Waals surface area contributed by atoms with Gasteiger partial charge in [0.15, 0.2) is 0 Å². The van der Waals surface area contributed by atoms with Crippen LogP contribution >= 0.6 is 0 Å². The molecule has 0 fully saturated rings. The molecule has 0 saturated carbocycles. The van der Waals surface area contributed by atoms with Gasteiger partial charge in [0.1, 0.15) is 41.1 Å². The van der Waals surface area contributed by atoms with Gasteiger partial charge in [-0.15, -0.1) is 0 Å². The summed E-state index contributed by atoms with van der Waals surface area (Å²) in [5.74, 6) is -0.879. The number of hydrogen-bond acceptors (Lipinski definition) is 5. The average molecular weight is 571 g/mol. The molecule has 0 aliphatic heterocycles. The van der Waals surface area contributed by atoms with Gasteiger partial charge in [0, 0.05) is 54.1 Å². The molecule has 0 spiro atoms. The van der Waals surface area contributed by atoms with Crippen LogP contribution in [0.4, 0.5) is 14.5 Å². The SMILES string of the molecule is CCN(C(=O)c1cn(-c2cc(OC)cc(OC)c2)c2cc(OCc3ccccc3)ccc2c1=O)c1cc(F)cc(F)c1. The predicted molar refractivity (Wildman–Crippen MR) is 157 cm³/mol. The summed E-state index contributed by atoms with van der Waals surface area (Å²) in [7, 11) is 3.04. The number of halogens is 2. The van der Waals surface area contributed by atoms with E-state index < -0.39 is 23.0 Å². The summed E-state index contributed by atoms with van der Waals surface area (Å²) in [5.41, 5.74) is 1.27. The second-order valence-electron chi connectivity index (χ2n) is 9.44. The van der Waals surface area contributed by atoms with Gasteiger partial charge in [-0.05, 0) is 36.8 Å². The van der Waals surface area contributed by atoms with Crippen LogP contribution in [0.1, 0.15) is 22.8 Å². The summed E-state index contributed by atoms with van der Waals surface area (Å²) in [4.78, 5) is 28.7. The van der Waals surface area contributed by atoms with Gasteiger partial charge >= 0.3 is 0 Å². The maximum atomic E-state index is 14.0. The van der Waals surface area contributed by atoms with E-state index in [1.807, 2.05) is 30.3 Å². The second kappa shape index (κ2) is 12.1. The molecule has 1 amide bonds. The first-order valence-corrected chi connectivity index (χ1v) is 13.2. The Morgan fingerprint density at radius 3 is 2.12 bits per heavy atom. The number of ether oxygens (including phenoxy) is 3. The fraction of sp³-hybridized carbons (Fsp3) is 0.152. The summed E-state index contributed by atoms with van der Waals surface area (Å²) in [5, 5.41) is 0.246. The van der Waals surface area contributed by atoms with E-state index in [1.54, 1.807) is 47.9 Å². The highest BCUT2D eigenvalue weighted by atomic mass is 19.1. The summed E-state index contributed by atoms with van der Waals surface area (Å²) < 4.78 is 46.7. The van der Waals surface area contributed by atoms with Crippen LogP contribution in [0.3, 0.4) is 0 Å². The van der Waals surface area contributed by atoms with Gasteiger partial charge in [-0.2, -0.15) is 0 Å². The van der Waals surface area contributed by atoms with E-state index in [-0.39, 0.29) is 23.2 Å². The Balaban J connectivity index is 1.68. The minimum atomic E-state index is -0.835. The molecule has 0 unspecified atom stereocenters. The van der Waals surface area contributed by atoms with Crippen LogP contribution in [-0.4, -0.2) is 31.2 Å². The molecule has 0 N–H and O–H groups in total. The maximum absolute atomic E-state index is 14.0. The van der Waals surface area contributed by atoms with Crippen LogP contribution in [0.15, 0.2) is 95.9 Å². The van der Waals surface area contributed by atoms with Crippen molar-refractivity contribution in [1.29, 1.82) is 0 Å². The van der Waals surface area contributed by atoms with Gasteiger partial charge in [-0.1, -0.05) is 30.3 Å². The number of pyridine rings is 1. The Bertz CT molecular complexity index is 1780. The Hall–Kier alpha value is -5.18. The molecule has 9 heteroatoms. The van der Waals surface area contributed by atoms with Crippen LogP contribution in [0.5, 0.6) is 17.2 Å². The van der Waals surface area contributed by atoms with Crippen molar-refractivity contribution in [2.45, 2.75) is 13.5 Å². The van der Waals surface area contributed by atoms with E-state index in [1.165, 1.54) is 20.4 Å². The summed E-state index contributed by atoms with van der Waals surface area (Å²) >= 11 is 0. The van der Waals surface area contributed by atoms with Crippen molar-refractivity contribution in [2.75, 3.05) is 25.7 Å². The van der Waals surface area contributed by atoms with Crippen molar-refractivity contribution in [3.63, 3.8) is 0 Å². The third-order valence-corrected chi connectivity index (χ3v) is 6.79. The monoisotopic (exact) mass is 570 g/mol. The number of rotatable bonds is 9. The highest BCUT2D eigenvalue weighted by Gasteiger charge is 2.23. The maximum Gasteiger partial charge on any atom is 0.263 e. The predicted octanol–water partition coefficient (Wildman–Crippen LogP) is 6.53. The van der Waals surface area contributed by atoms with Crippen molar-refractivity contribution in [1.82, 2.24) is 4.57 Å². The first-order chi connectivity index (χ1) is 20.3. The molecule has 5 rings (SSSR count). The standard InChI is InChI=1S/C33H28F2N2O5/c1-4-36(24-13-22(34)12-23(35)14-24)33(39)30-19-37(25-15-27(40-2)17-28(16-25)41-3)31-18-26(10-11-29(31)32(30)38)42-20-21-8-6-5-7-9-21/h5-19H,4,20H2,1-3H3. The molecule has 1 aromatic heterocycles. The molecule has 42 heavy (non-hydrogen) atoms. The largest absolute Gasteiger partial charge is 0.497 e. The Labute approximate surface area is 241 Å². The number of aromatic nitrogens is 1. The number of methoxy groups -OCH3 is 2. The smallest absolute Gasteiger partial charge is 0.263 e. The van der Waals surface area contributed by atoms with Gasteiger partial charge in [0.2, 0.25) is 5.43 Å². The lowest BCUT2D eigenvalue weighted by Gasteiger charge is -2.22. The van der Waals surface area contributed by atoms with Crippen molar-refractivity contribution in [2.24, 2.45) is 0 Å². The molecule has 0 saturated heterocycles. The number of hydrogen-bond donors (Lipinski definition) is 0. The topological polar surface area (TPSA) is 70.0 Å². The van der Waals surface area contributed by atoms with Crippen LogP contribution < -0.4 is 24.5 Å². The van der Waals surface area contributed by atoms with Crippen LogP contribution in [-0.2, 0) is 6.61 Å². The first-order valence-electron chi connectivity index (χ1n) is 13.2. The second-order valence-corrected chi connectivity index (χ2v) is 9.44. The average Bonchev–Trinajstić information content (AvgIpc) is 3.00. The number of benzene rings is 4. The van der Waals surface area contributed by atoms with Crippen molar-refractivity contribution in [3.05, 3.63) is 124 Å². The minimum Gasteiger partial charge on any atom is -0.497 e. The highest BCUT2D eigenvalue weighted by Crippen LogP contribution is 2.30. The van der Waals surface area contributed by atoms with Crippen molar-refractivity contribution < 1.29 is 27.8 Å². The molecule has 0 aliphatic rings. The summed E-state index contributed by atoms with van der Waals surface area (Å²) in [6.45, 7) is 2.04. The van der Waals surface area contributed by atoms with Crippen LogP contribution in [0, 0.1) is 11.6 Å². The van der Waals surface area contributed by atoms with E-state index in [9.17, 15) is 18.4 Å². The molecule has 0 atom stereocenters. The normalized spacial score (nSPS) is 10.9. The van der Waals surface area contributed by atoms with E-state index in [2.05, 4.69) is 0 Å². The molecule has 5 aromatic rings. The molecule has 0 radical (unpaired) electrons. The van der Waals surface area contributed by atoms with E-state index in [0.717, 1.165) is 28.7 Å². The molecule has 4 aromatic carbocycles. The van der Waals surface area contributed by atoms with E-state index >= 15 is 0 Å². The lowest BCUT2D eigenvalue weighted by atomic mass is 10.1. The lowest BCUT2D eigenvalue weighted by molar-refractivity contribution is 0.0987. The van der Waals surface area contributed by atoms with Crippen molar-refractivity contribution >= 4 is 22.5 Å². The molecule has 1 heterocycles. The fourth-order valence-electron chi connectivity index (χ4n) is 4.72. The number of amides is 1. The zero-order chi connectivity index (χ0) is 29.8. The Morgan fingerprint density at radius 1 is 0.833 bits per heavy atom. The highest BCUT2D eigenvalue weighted by molar-refractivity contribution is 6.07. The molecule has 214 valence electrons. The van der Waals surface area contributed by atoms with Gasteiger partial charge in [-0.3, -0.25) is 9.59 Å². The number of carbonyl (C=O) groups excluding carboxylic acids is 1. The van der Waals surface area contributed by atoms with Gasteiger partial charge in [-0.25, -0.2) is 8.78 Å². The van der Waals surface area contributed by atoms with Gasteiger partial charge in [0.05, 0.1) is 25.4 Å². The van der Waals surface area contributed by atoms with Crippen LogP contribution in [0.25, 0.3) is 16.6 Å². The third kappa shape index (κ3) is 5.81. The number of carbonyl (C=O) groups is 1. The third-order valence-electron chi connectivity index (χ3n) is 6.79. The first kappa shape index (κ1) is 28.4. The summed E-state index contributed by atoms with van der Waals surface area (Å²) in [6.07, 6.45) is 1.42. The Kier molecular flexibility index (Phi) is 8.19. The van der Waals surface area contributed by atoms with Crippen molar-refractivity contribution in [3.8, 4) is 22.9 Å². The van der Waals surface area contributed by atoms with Gasteiger partial charge in [0.25, 0.3) is 5.91 Å². The number of nitrogens with zero attached hydrogens (tertiary/aromatic N) is 2. The molecular weight excluding hydrogens is 542 g/mol. The van der Waals surface area contributed by atoms with E-state index in [4.69, 9.17) is 14.2 Å². The van der Waals surface area contributed by atoms with Gasteiger partial charge < -0.3 is 23.7 Å². The zero-order valence-electron chi connectivity index (χ0n) is 23.3. The number of fused-ring (bicyclic) bond motifs is 1. The minimum absolute atomic E-state index is 0.00115. The van der Waals surface area contributed by atoms with Crippen LogP contribution in [0.2, 0.25) is 0 Å². The fourth-order valence-corrected chi connectivity index (χ4v) is 4.72. The van der Waals surface area contributed by atoms with E-state index in [0.29, 0.717) is 35.1 Å². The summed E-state index contributed by atoms with van der Waals surface area (Å²) in [6, 6.07) is 22.6. The molecule has 0 aliphatic carbocycles. The quantitative estimate of drug-likeness (QED) is 0.202.